The summed E-state index contributed by atoms with van der Waals surface area (Å²) in [5.41, 5.74) is -0.679. The summed E-state index contributed by atoms with van der Waals surface area (Å²) in [4.78, 5) is -0.689. The minimum atomic E-state index is -4.19. The van der Waals surface area contributed by atoms with Crippen LogP contribution in [0.5, 0.6) is 0 Å². The number of aliphatic hydroxyl groups excluding tert-OH is 1. The fourth-order valence-corrected chi connectivity index (χ4v) is 3.19. The van der Waals surface area contributed by atoms with Gasteiger partial charge >= 0.3 is 0 Å². The molecule has 0 amide bonds. The van der Waals surface area contributed by atoms with Gasteiger partial charge in [-0.15, -0.1) is 6.58 Å². The quantitative estimate of drug-likeness (QED) is 0.733. The molecule has 0 saturated heterocycles. The van der Waals surface area contributed by atoms with E-state index in [0.29, 0.717) is 0 Å². The van der Waals surface area contributed by atoms with Crippen LogP contribution in [0.2, 0.25) is 0 Å². The molecule has 0 fully saturated rings. The number of hydrogen-bond acceptors (Lipinski definition) is 4. The van der Waals surface area contributed by atoms with Crippen molar-refractivity contribution in [3.05, 3.63) is 42.0 Å². The van der Waals surface area contributed by atoms with Crippen LogP contribution in [0, 0.1) is 11.6 Å². The zero-order chi connectivity index (χ0) is 16.0. The molecule has 0 spiro atoms. The molecular formula is C13H17F2NO4S. The molecule has 8 heteroatoms. The van der Waals surface area contributed by atoms with Gasteiger partial charge in [-0.1, -0.05) is 6.08 Å². The van der Waals surface area contributed by atoms with Crippen molar-refractivity contribution in [2.75, 3.05) is 26.8 Å². The normalized spacial score (nSPS) is 11.9. The summed E-state index contributed by atoms with van der Waals surface area (Å²) in [5, 5.41) is 8.95. The number of sulfonamides is 1. The van der Waals surface area contributed by atoms with Crippen LogP contribution in [0.15, 0.2) is 29.7 Å². The van der Waals surface area contributed by atoms with Crippen LogP contribution in [0.1, 0.15) is 5.56 Å². The monoisotopic (exact) mass is 321 g/mol. The third-order valence-electron chi connectivity index (χ3n) is 2.80. The van der Waals surface area contributed by atoms with Crippen LogP contribution in [-0.4, -0.2) is 44.6 Å². The maximum Gasteiger partial charge on any atom is 0.246 e. The fourth-order valence-electron chi connectivity index (χ4n) is 1.71. The van der Waals surface area contributed by atoms with Gasteiger partial charge in [0.1, 0.15) is 10.7 Å². The second-order valence-electron chi connectivity index (χ2n) is 4.14. The van der Waals surface area contributed by atoms with Gasteiger partial charge in [0.05, 0.1) is 18.8 Å². The fraction of sp³-hybridized carbons (Fsp3) is 0.385. The summed E-state index contributed by atoms with van der Waals surface area (Å²) < 4.78 is 58.0. The molecule has 5 nitrogen and oxygen atoms in total. The molecule has 0 radical (unpaired) electrons. The summed E-state index contributed by atoms with van der Waals surface area (Å²) in [6.07, 6.45) is 1.35. The lowest BCUT2D eigenvalue weighted by atomic mass is 10.2. The molecule has 0 aromatic heterocycles. The Morgan fingerprint density at radius 2 is 2.10 bits per heavy atom. The average Bonchev–Trinajstić information content (AvgIpc) is 2.43. The van der Waals surface area contributed by atoms with E-state index in [1.165, 1.54) is 13.2 Å². The highest BCUT2D eigenvalue weighted by Crippen LogP contribution is 2.24. The van der Waals surface area contributed by atoms with Crippen molar-refractivity contribution >= 4 is 10.0 Å². The molecule has 0 aliphatic heterocycles. The number of nitrogens with zero attached hydrogens (tertiary/aromatic N) is 1. The van der Waals surface area contributed by atoms with Crippen molar-refractivity contribution < 1.29 is 27.0 Å². The number of rotatable bonds is 8. The SMILES string of the molecule is C=CCN(CCOC)S(=O)(=O)c1ccc(F)c(CO)c1F. The van der Waals surface area contributed by atoms with Gasteiger partial charge in [-0.2, -0.15) is 4.31 Å². The lowest BCUT2D eigenvalue weighted by Crippen LogP contribution is -2.34. The zero-order valence-electron chi connectivity index (χ0n) is 11.6. The minimum Gasteiger partial charge on any atom is -0.391 e. The Hall–Kier alpha value is -1.35. The Balaban J connectivity index is 3.31. The number of hydrogen-bond donors (Lipinski definition) is 1. The molecule has 1 rings (SSSR count). The average molecular weight is 321 g/mol. The number of ether oxygens (including phenoxy) is 1. The van der Waals surface area contributed by atoms with Crippen LogP contribution in [0.4, 0.5) is 8.78 Å². The third kappa shape index (κ3) is 3.85. The van der Waals surface area contributed by atoms with Crippen LogP contribution in [-0.2, 0) is 21.4 Å². The second-order valence-corrected chi connectivity index (χ2v) is 6.05. The molecule has 1 aromatic rings. The minimum absolute atomic E-state index is 0.00384. The van der Waals surface area contributed by atoms with E-state index >= 15 is 0 Å². The zero-order valence-corrected chi connectivity index (χ0v) is 12.4. The number of methoxy groups -OCH3 is 1. The van der Waals surface area contributed by atoms with E-state index in [0.717, 1.165) is 16.4 Å². The van der Waals surface area contributed by atoms with E-state index in [2.05, 4.69) is 6.58 Å². The maximum absolute atomic E-state index is 14.1. The highest BCUT2D eigenvalue weighted by Gasteiger charge is 2.28. The van der Waals surface area contributed by atoms with Gasteiger partial charge in [-0.05, 0) is 12.1 Å². The summed E-state index contributed by atoms with van der Waals surface area (Å²) in [5.74, 6) is -2.29. The molecule has 1 aromatic carbocycles. The summed E-state index contributed by atoms with van der Waals surface area (Å²) in [6, 6.07) is 1.64. The second kappa shape index (κ2) is 7.60. The van der Waals surface area contributed by atoms with Crippen molar-refractivity contribution in [2.45, 2.75) is 11.5 Å². The molecule has 0 unspecified atom stereocenters. The molecule has 0 aliphatic rings. The standard InChI is InChI=1S/C13H17F2NO4S/c1-3-6-16(7-8-20-2)21(18,19)12-5-4-11(14)10(9-17)13(12)15/h3-5,17H,1,6-9H2,2H3. The Morgan fingerprint density at radius 3 is 2.62 bits per heavy atom. The largest absolute Gasteiger partial charge is 0.391 e. The Kier molecular flexibility index (Phi) is 6.41. The highest BCUT2D eigenvalue weighted by molar-refractivity contribution is 7.89. The molecule has 0 aliphatic carbocycles. The third-order valence-corrected chi connectivity index (χ3v) is 4.69. The van der Waals surface area contributed by atoms with Gasteiger partial charge in [0.25, 0.3) is 0 Å². The topological polar surface area (TPSA) is 66.8 Å². The first-order valence-corrected chi connectivity index (χ1v) is 7.51. The summed E-state index contributed by atoms with van der Waals surface area (Å²) in [7, 11) is -2.78. The van der Waals surface area contributed by atoms with Gasteiger partial charge in [0.2, 0.25) is 10.0 Å². The van der Waals surface area contributed by atoms with Gasteiger partial charge in [-0.3, -0.25) is 0 Å². The van der Waals surface area contributed by atoms with Gasteiger partial charge in [0.15, 0.2) is 5.82 Å². The Bertz CT molecular complexity index is 604. The molecule has 1 N–H and O–H groups in total. The molecule has 21 heavy (non-hydrogen) atoms. The first kappa shape index (κ1) is 17.7. The molecule has 0 bridgehead atoms. The van der Waals surface area contributed by atoms with E-state index in [1.54, 1.807) is 0 Å². The van der Waals surface area contributed by atoms with E-state index in [9.17, 15) is 17.2 Å². The molecule has 0 heterocycles. The van der Waals surface area contributed by atoms with Crippen LogP contribution in [0.3, 0.4) is 0 Å². The molecular weight excluding hydrogens is 304 g/mol. The Labute approximate surface area is 122 Å². The van der Waals surface area contributed by atoms with Crippen molar-refractivity contribution in [3.63, 3.8) is 0 Å². The predicted molar refractivity (Wildman–Crippen MR) is 73.1 cm³/mol. The van der Waals surface area contributed by atoms with E-state index in [4.69, 9.17) is 9.84 Å². The van der Waals surface area contributed by atoms with Crippen molar-refractivity contribution in [2.24, 2.45) is 0 Å². The van der Waals surface area contributed by atoms with Crippen LogP contribution >= 0.6 is 0 Å². The maximum atomic E-state index is 14.1. The summed E-state index contributed by atoms with van der Waals surface area (Å²) in [6.45, 7) is 2.58. The first-order chi connectivity index (χ1) is 9.89. The van der Waals surface area contributed by atoms with Crippen molar-refractivity contribution in [3.8, 4) is 0 Å². The van der Waals surface area contributed by atoms with Gasteiger partial charge in [0, 0.05) is 20.2 Å². The lowest BCUT2D eigenvalue weighted by molar-refractivity contribution is 0.182. The van der Waals surface area contributed by atoms with Crippen molar-refractivity contribution in [1.29, 1.82) is 0 Å². The van der Waals surface area contributed by atoms with E-state index in [1.807, 2.05) is 0 Å². The predicted octanol–water partition coefficient (Wildman–Crippen LogP) is 1.28. The van der Waals surface area contributed by atoms with Crippen LogP contribution in [0.25, 0.3) is 0 Å². The first-order valence-electron chi connectivity index (χ1n) is 6.07. The summed E-state index contributed by atoms with van der Waals surface area (Å²) >= 11 is 0. The van der Waals surface area contributed by atoms with E-state index in [-0.39, 0.29) is 19.7 Å². The van der Waals surface area contributed by atoms with Crippen LogP contribution < -0.4 is 0 Å². The highest BCUT2D eigenvalue weighted by atomic mass is 32.2. The van der Waals surface area contributed by atoms with Gasteiger partial charge < -0.3 is 9.84 Å². The lowest BCUT2D eigenvalue weighted by Gasteiger charge is -2.21. The number of halogens is 2. The smallest absolute Gasteiger partial charge is 0.246 e. The number of benzene rings is 1. The van der Waals surface area contributed by atoms with Crippen molar-refractivity contribution in [1.82, 2.24) is 4.31 Å². The molecule has 0 saturated carbocycles. The molecule has 118 valence electrons. The number of aliphatic hydroxyl groups is 1. The van der Waals surface area contributed by atoms with Gasteiger partial charge in [-0.25, -0.2) is 17.2 Å². The van der Waals surface area contributed by atoms with E-state index < -0.39 is 38.7 Å². The molecule has 0 atom stereocenters. The Morgan fingerprint density at radius 1 is 1.43 bits per heavy atom.